The predicted molar refractivity (Wildman–Crippen MR) is 84.4 cm³/mol. The highest BCUT2D eigenvalue weighted by Crippen LogP contribution is 2.64. The number of fused-ring (bicyclic) bond motifs is 3. The number of ether oxygens (including phenoxy) is 1. The molecule has 1 N–H and O–H groups in total. The van der Waals surface area contributed by atoms with Gasteiger partial charge in [0.25, 0.3) is 0 Å². The van der Waals surface area contributed by atoms with Crippen molar-refractivity contribution in [1.29, 1.82) is 0 Å². The molecule has 0 bridgehead atoms. The predicted octanol–water partition coefficient (Wildman–Crippen LogP) is 3.85. The third-order valence-corrected chi connectivity index (χ3v) is 7.11. The number of aliphatic hydroxyl groups is 1. The smallest absolute Gasteiger partial charge is 0.158 e. The molecule has 3 aliphatic rings. The molecule has 1 aromatic heterocycles. The Bertz CT molecular complexity index is 595. The number of hydrogen-bond donors (Lipinski definition) is 1. The molecule has 0 radical (unpaired) electrons. The highest BCUT2D eigenvalue weighted by Gasteiger charge is 2.61. The fraction of sp³-hybridized carbons (Fsp3) is 0.737. The van der Waals surface area contributed by atoms with Crippen molar-refractivity contribution < 1.29 is 19.1 Å². The molecule has 23 heavy (non-hydrogen) atoms. The summed E-state index contributed by atoms with van der Waals surface area (Å²) in [7, 11) is 0. The molecule has 0 spiro atoms. The minimum atomic E-state index is -0.754. The van der Waals surface area contributed by atoms with Crippen LogP contribution in [0.15, 0.2) is 23.0 Å². The Hall–Kier alpha value is -1.13. The fourth-order valence-electron chi connectivity index (χ4n) is 5.81. The highest BCUT2D eigenvalue weighted by atomic mass is 16.6. The summed E-state index contributed by atoms with van der Waals surface area (Å²) < 4.78 is 11.1. The van der Waals surface area contributed by atoms with E-state index in [4.69, 9.17) is 9.15 Å². The van der Waals surface area contributed by atoms with Crippen molar-refractivity contribution in [1.82, 2.24) is 0 Å². The molecule has 0 aromatic carbocycles. The van der Waals surface area contributed by atoms with Crippen molar-refractivity contribution in [2.24, 2.45) is 22.7 Å². The molecule has 1 unspecified atom stereocenters. The molecular formula is C19H26O4. The van der Waals surface area contributed by atoms with Crippen LogP contribution in [0.25, 0.3) is 0 Å². The standard InChI is InChI=1S/C19H26O4/c1-18-8-6-13-17(21)23-14(12-7-9-22-11-12)10-19(13,2)15(18)4-3-5-16(18)20/h7,9,11,13-15,17,21H,3-6,8,10H2,1-2H3/t13-,14+,15-,17?,18+,19-/m0/s1. The van der Waals surface area contributed by atoms with E-state index in [9.17, 15) is 9.90 Å². The fourth-order valence-corrected chi connectivity index (χ4v) is 5.81. The maximum Gasteiger partial charge on any atom is 0.158 e. The first-order valence-corrected chi connectivity index (χ1v) is 8.84. The lowest BCUT2D eigenvalue weighted by atomic mass is 9.45. The Balaban J connectivity index is 1.71. The van der Waals surface area contributed by atoms with Gasteiger partial charge in [0.2, 0.25) is 0 Å². The second-order valence-corrected chi connectivity index (χ2v) is 8.21. The molecule has 1 saturated heterocycles. The zero-order valence-electron chi connectivity index (χ0n) is 14.0. The van der Waals surface area contributed by atoms with E-state index in [-0.39, 0.29) is 22.9 Å². The molecular weight excluding hydrogens is 292 g/mol. The normalized spacial score (nSPS) is 47.0. The number of furan rings is 1. The second-order valence-electron chi connectivity index (χ2n) is 8.21. The SMILES string of the molecule is C[C@]12C[C@H](c3ccoc3)OC(O)[C@@H]1CC[C@@]1(C)C(=O)CCC[C@H]21. The number of carbonyl (C=O) groups is 1. The van der Waals surface area contributed by atoms with Gasteiger partial charge in [0, 0.05) is 23.3 Å². The third-order valence-electron chi connectivity index (χ3n) is 7.11. The summed E-state index contributed by atoms with van der Waals surface area (Å²) in [5, 5.41) is 10.6. The van der Waals surface area contributed by atoms with Crippen LogP contribution in [0, 0.1) is 22.7 Å². The van der Waals surface area contributed by atoms with Gasteiger partial charge in [-0.15, -0.1) is 0 Å². The van der Waals surface area contributed by atoms with Gasteiger partial charge in [-0.1, -0.05) is 13.8 Å². The number of aliphatic hydroxyl groups excluding tert-OH is 1. The van der Waals surface area contributed by atoms with Crippen LogP contribution >= 0.6 is 0 Å². The number of ketones is 1. The molecule has 1 aromatic rings. The van der Waals surface area contributed by atoms with E-state index in [2.05, 4.69) is 13.8 Å². The van der Waals surface area contributed by atoms with Crippen LogP contribution in [0.2, 0.25) is 0 Å². The first-order chi connectivity index (χ1) is 10.9. The number of Topliss-reactive ketones (excluding diaryl/α,β-unsaturated/α-hetero) is 1. The Labute approximate surface area is 137 Å². The van der Waals surface area contributed by atoms with Crippen LogP contribution in [-0.2, 0) is 9.53 Å². The molecule has 4 heteroatoms. The summed E-state index contributed by atoms with van der Waals surface area (Å²) in [5.41, 5.74) is 0.697. The molecule has 126 valence electrons. The minimum absolute atomic E-state index is 0.0668. The summed E-state index contributed by atoms with van der Waals surface area (Å²) in [4.78, 5) is 12.6. The van der Waals surface area contributed by atoms with Crippen molar-refractivity contribution in [3.63, 3.8) is 0 Å². The molecule has 1 aliphatic heterocycles. The molecule has 4 nitrogen and oxygen atoms in total. The molecule has 2 aliphatic carbocycles. The molecule has 3 fully saturated rings. The lowest BCUT2D eigenvalue weighted by Crippen LogP contribution is -2.59. The molecule has 2 saturated carbocycles. The average Bonchev–Trinajstić information content (AvgIpc) is 3.03. The summed E-state index contributed by atoms with van der Waals surface area (Å²) in [5.74, 6) is 0.881. The summed E-state index contributed by atoms with van der Waals surface area (Å²) in [6, 6.07) is 1.91. The van der Waals surface area contributed by atoms with E-state index >= 15 is 0 Å². The third kappa shape index (κ3) is 2.14. The van der Waals surface area contributed by atoms with E-state index < -0.39 is 6.29 Å². The van der Waals surface area contributed by atoms with Gasteiger partial charge in [-0.25, -0.2) is 0 Å². The lowest BCUT2D eigenvalue weighted by Gasteiger charge is -2.60. The van der Waals surface area contributed by atoms with Gasteiger partial charge in [0.05, 0.1) is 18.6 Å². The summed E-state index contributed by atoms with van der Waals surface area (Å²) in [6.45, 7) is 4.44. The zero-order chi connectivity index (χ0) is 16.2. The molecule has 4 rings (SSSR count). The minimum Gasteiger partial charge on any atom is -0.472 e. The van der Waals surface area contributed by atoms with Gasteiger partial charge in [-0.2, -0.15) is 0 Å². The zero-order valence-corrected chi connectivity index (χ0v) is 14.0. The van der Waals surface area contributed by atoms with Crippen molar-refractivity contribution in [3.05, 3.63) is 24.2 Å². The Kier molecular flexibility index (Phi) is 3.47. The Morgan fingerprint density at radius 2 is 2.13 bits per heavy atom. The van der Waals surface area contributed by atoms with E-state index in [0.717, 1.165) is 44.1 Å². The Morgan fingerprint density at radius 1 is 1.30 bits per heavy atom. The monoisotopic (exact) mass is 318 g/mol. The number of hydrogen-bond acceptors (Lipinski definition) is 4. The lowest BCUT2D eigenvalue weighted by molar-refractivity contribution is -0.269. The van der Waals surface area contributed by atoms with Crippen molar-refractivity contribution in [2.75, 3.05) is 0 Å². The second kappa shape index (κ2) is 5.18. The van der Waals surface area contributed by atoms with E-state index in [1.54, 1.807) is 12.5 Å². The quantitative estimate of drug-likeness (QED) is 0.854. The maximum atomic E-state index is 12.6. The van der Waals surface area contributed by atoms with Crippen LogP contribution in [0.4, 0.5) is 0 Å². The molecule has 6 atom stereocenters. The van der Waals surface area contributed by atoms with Crippen molar-refractivity contribution >= 4 is 5.78 Å². The van der Waals surface area contributed by atoms with Gasteiger partial charge in [0.15, 0.2) is 6.29 Å². The highest BCUT2D eigenvalue weighted by molar-refractivity contribution is 5.85. The topological polar surface area (TPSA) is 59.7 Å². The van der Waals surface area contributed by atoms with E-state index in [1.165, 1.54) is 0 Å². The van der Waals surface area contributed by atoms with Crippen LogP contribution in [0.5, 0.6) is 0 Å². The largest absolute Gasteiger partial charge is 0.472 e. The maximum absolute atomic E-state index is 12.6. The van der Waals surface area contributed by atoms with Gasteiger partial charge in [-0.3, -0.25) is 4.79 Å². The van der Waals surface area contributed by atoms with Gasteiger partial charge in [-0.05, 0) is 49.5 Å². The van der Waals surface area contributed by atoms with E-state index in [1.807, 2.05) is 6.07 Å². The summed E-state index contributed by atoms with van der Waals surface area (Å²) >= 11 is 0. The van der Waals surface area contributed by atoms with Gasteiger partial charge >= 0.3 is 0 Å². The van der Waals surface area contributed by atoms with Crippen LogP contribution in [-0.4, -0.2) is 17.2 Å². The van der Waals surface area contributed by atoms with Crippen molar-refractivity contribution in [2.45, 2.75) is 64.8 Å². The van der Waals surface area contributed by atoms with Crippen LogP contribution in [0.1, 0.15) is 64.0 Å². The number of carbonyl (C=O) groups excluding carboxylic acids is 1. The average molecular weight is 318 g/mol. The van der Waals surface area contributed by atoms with Crippen LogP contribution in [0.3, 0.4) is 0 Å². The first kappa shape index (κ1) is 15.4. The van der Waals surface area contributed by atoms with Crippen molar-refractivity contribution in [3.8, 4) is 0 Å². The van der Waals surface area contributed by atoms with Crippen LogP contribution < -0.4 is 0 Å². The van der Waals surface area contributed by atoms with Gasteiger partial charge in [0.1, 0.15) is 5.78 Å². The van der Waals surface area contributed by atoms with Gasteiger partial charge < -0.3 is 14.3 Å². The molecule has 2 heterocycles. The Morgan fingerprint density at radius 3 is 2.87 bits per heavy atom. The van der Waals surface area contributed by atoms with E-state index in [0.29, 0.717) is 11.7 Å². The first-order valence-electron chi connectivity index (χ1n) is 8.84. The molecule has 0 amide bonds. The summed E-state index contributed by atoms with van der Waals surface area (Å²) in [6.07, 6.45) is 7.83. The number of rotatable bonds is 1.